The summed E-state index contributed by atoms with van der Waals surface area (Å²) in [5.74, 6) is 0.819. The van der Waals surface area contributed by atoms with Gasteiger partial charge in [-0.1, -0.05) is 11.3 Å². The third-order valence-corrected chi connectivity index (χ3v) is 6.13. The van der Waals surface area contributed by atoms with Crippen LogP contribution in [0.25, 0.3) is 10.2 Å². The summed E-state index contributed by atoms with van der Waals surface area (Å²) in [5.41, 5.74) is 2.23. The molecule has 0 radical (unpaired) electrons. The van der Waals surface area contributed by atoms with Gasteiger partial charge in [0.25, 0.3) is 0 Å². The summed E-state index contributed by atoms with van der Waals surface area (Å²) in [5, 5.41) is 5.71. The van der Waals surface area contributed by atoms with Crippen LogP contribution in [0, 0.1) is 0 Å². The smallest absolute Gasteiger partial charge is 0.240 e. The number of nitrogens with zero attached hydrogens (tertiary/aromatic N) is 2. The number of nitrogens with one attached hydrogen (secondary N) is 1. The average Bonchev–Trinajstić information content (AvgIpc) is 3.20. The summed E-state index contributed by atoms with van der Waals surface area (Å²) in [6.45, 7) is 4.77. The normalized spacial score (nSPS) is 14.4. The van der Waals surface area contributed by atoms with Gasteiger partial charge in [0, 0.05) is 18.0 Å². The standard InChI is InChI=1S/C18H19N3O2S2/c1-2-23-13-3-4-14-16(9-13)25-18(19-14)20-17(22)11-21-7-5-15-12(10-21)6-8-24-15/h3-4,6,8-9H,2,5,7,10-11H2,1H3,(H,19,20,22). The second-order valence-electron chi connectivity index (χ2n) is 5.96. The zero-order valence-corrected chi connectivity index (χ0v) is 15.6. The van der Waals surface area contributed by atoms with Crippen molar-refractivity contribution in [3.8, 4) is 5.75 Å². The fraction of sp³-hybridized carbons (Fsp3) is 0.333. The van der Waals surface area contributed by atoms with Gasteiger partial charge in [0.05, 0.1) is 23.4 Å². The molecule has 25 heavy (non-hydrogen) atoms. The number of ether oxygens (including phenoxy) is 1. The van der Waals surface area contributed by atoms with E-state index in [9.17, 15) is 4.79 Å². The van der Waals surface area contributed by atoms with E-state index >= 15 is 0 Å². The van der Waals surface area contributed by atoms with E-state index < -0.39 is 0 Å². The molecule has 0 saturated heterocycles. The zero-order valence-electron chi connectivity index (χ0n) is 13.9. The van der Waals surface area contributed by atoms with Gasteiger partial charge < -0.3 is 10.1 Å². The molecule has 7 heteroatoms. The summed E-state index contributed by atoms with van der Waals surface area (Å²) < 4.78 is 6.53. The lowest BCUT2D eigenvalue weighted by Gasteiger charge is -2.25. The first-order chi connectivity index (χ1) is 12.2. The third kappa shape index (κ3) is 3.68. The third-order valence-electron chi connectivity index (χ3n) is 4.17. The highest BCUT2D eigenvalue weighted by atomic mass is 32.1. The first-order valence-electron chi connectivity index (χ1n) is 8.32. The summed E-state index contributed by atoms with van der Waals surface area (Å²) in [6, 6.07) is 7.96. The van der Waals surface area contributed by atoms with E-state index in [0.717, 1.165) is 35.5 Å². The Kier molecular flexibility index (Phi) is 4.70. The molecule has 0 spiro atoms. The number of hydrogen-bond donors (Lipinski definition) is 1. The second kappa shape index (κ2) is 7.11. The molecule has 1 aliphatic rings. The number of benzene rings is 1. The van der Waals surface area contributed by atoms with Crippen molar-refractivity contribution in [2.24, 2.45) is 0 Å². The number of rotatable bonds is 5. The van der Waals surface area contributed by atoms with E-state index in [0.29, 0.717) is 18.3 Å². The van der Waals surface area contributed by atoms with Gasteiger partial charge in [0.2, 0.25) is 5.91 Å². The topological polar surface area (TPSA) is 54.5 Å². The molecule has 1 amide bonds. The molecular weight excluding hydrogens is 354 g/mol. The maximum absolute atomic E-state index is 12.4. The quantitative estimate of drug-likeness (QED) is 0.740. The SMILES string of the molecule is CCOc1ccc2nc(NC(=O)CN3CCc4sccc4C3)sc2c1. The van der Waals surface area contributed by atoms with Crippen molar-refractivity contribution in [2.75, 3.05) is 25.0 Å². The molecule has 2 aromatic heterocycles. The number of thiazole rings is 1. The fourth-order valence-electron chi connectivity index (χ4n) is 3.02. The highest BCUT2D eigenvalue weighted by Gasteiger charge is 2.19. The van der Waals surface area contributed by atoms with Crippen molar-refractivity contribution < 1.29 is 9.53 Å². The number of aromatic nitrogens is 1. The molecule has 4 rings (SSSR count). The Hall–Kier alpha value is -1.96. The molecule has 0 bridgehead atoms. The maximum Gasteiger partial charge on any atom is 0.240 e. The minimum atomic E-state index is -0.0113. The van der Waals surface area contributed by atoms with Crippen LogP contribution in [0.1, 0.15) is 17.4 Å². The van der Waals surface area contributed by atoms with Gasteiger partial charge in [-0.05, 0) is 48.6 Å². The summed E-state index contributed by atoms with van der Waals surface area (Å²) in [4.78, 5) is 20.5. The number of amides is 1. The Labute approximate surface area is 154 Å². The van der Waals surface area contributed by atoms with E-state index in [4.69, 9.17) is 4.74 Å². The van der Waals surface area contributed by atoms with Gasteiger partial charge in [0.15, 0.2) is 5.13 Å². The van der Waals surface area contributed by atoms with Crippen LogP contribution in [0.3, 0.4) is 0 Å². The summed E-state index contributed by atoms with van der Waals surface area (Å²) in [6.07, 6.45) is 1.03. The highest BCUT2D eigenvalue weighted by Crippen LogP contribution is 2.29. The van der Waals surface area contributed by atoms with Crippen LogP contribution in [0.5, 0.6) is 5.75 Å². The molecule has 1 aliphatic heterocycles. The predicted molar refractivity (Wildman–Crippen MR) is 103 cm³/mol. The molecule has 0 saturated carbocycles. The molecule has 0 aliphatic carbocycles. The van der Waals surface area contributed by atoms with Gasteiger partial charge in [0.1, 0.15) is 5.75 Å². The Morgan fingerprint density at radius 3 is 3.20 bits per heavy atom. The van der Waals surface area contributed by atoms with Crippen molar-refractivity contribution in [1.82, 2.24) is 9.88 Å². The minimum absolute atomic E-state index is 0.0113. The van der Waals surface area contributed by atoms with Crippen LogP contribution >= 0.6 is 22.7 Å². The average molecular weight is 374 g/mol. The van der Waals surface area contributed by atoms with Gasteiger partial charge in [-0.15, -0.1) is 11.3 Å². The number of fused-ring (bicyclic) bond motifs is 2. The van der Waals surface area contributed by atoms with E-state index in [1.807, 2.05) is 36.5 Å². The molecule has 3 aromatic rings. The lowest BCUT2D eigenvalue weighted by Crippen LogP contribution is -2.36. The monoisotopic (exact) mass is 373 g/mol. The van der Waals surface area contributed by atoms with Crippen LogP contribution in [0.2, 0.25) is 0 Å². The van der Waals surface area contributed by atoms with Gasteiger partial charge in [-0.25, -0.2) is 4.98 Å². The van der Waals surface area contributed by atoms with Crippen molar-refractivity contribution >= 4 is 43.9 Å². The number of carbonyl (C=O) groups is 1. The predicted octanol–water partition coefficient (Wildman–Crippen LogP) is 3.75. The molecular formula is C18H19N3O2S2. The van der Waals surface area contributed by atoms with Crippen molar-refractivity contribution in [3.63, 3.8) is 0 Å². The molecule has 0 fully saturated rings. The Balaban J connectivity index is 1.40. The second-order valence-corrected chi connectivity index (χ2v) is 7.99. The van der Waals surface area contributed by atoms with Crippen LogP contribution in [-0.4, -0.2) is 35.5 Å². The summed E-state index contributed by atoms with van der Waals surface area (Å²) >= 11 is 3.29. The number of thiophene rings is 1. The van der Waals surface area contributed by atoms with E-state index in [2.05, 4.69) is 26.6 Å². The lowest BCUT2D eigenvalue weighted by atomic mass is 10.1. The van der Waals surface area contributed by atoms with E-state index in [1.165, 1.54) is 21.8 Å². The van der Waals surface area contributed by atoms with Crippen LogP contribution < -0.4 is 10.1 Å². The zero-order chi connectivity index (χ0) is 17.2. The number of carbonyl (C=O) groups excluding carboxylic acids is 1. The molecule has 130 valence electrons. The Bertz CT molecular complexity index is 903. The van der Waals surface area contributed by atoms with Gasteiger partial charge in [-0.3, -0.25) is 9.69 Å². The molecule has 0 unspecified atom stereocenters. The number of hydrogen-bond acceptors (Lipinski definition) is 6. The Morgan fingerprint density at radius 1 is 1.40 bits per heavy atom. The maximum atomic E-state index is 12.4. The Morgan fingerprint density at radius 2 is 2.32 bits per heavy atom. The van der Waals surface area contributed by atoms with Gasteiger partial charge >= 0.3 is 0 Å². The minimum Gasteiger partial charge on any atom is -0.494 e. The lowest BCUT2D eigenvalue weighted by molar-refractivity contribution is -0.117. The first-order valence-corrected chi connectivity index (χ1v) is 10.0. The molecule has 5 nitrogen and oxygen atoms in total. The molecule has 3 heterocycles. The van der Waals surface area contributed by atoms with E-state index in [1.54, 1.807) is 0 Å². The van der Waals surface area contributed by atoms with Crippen molar-refractivity contribution in [1.29, 1.82) is 0 Å². The largest absolute Gasteiger partial charge is 0.494 e. The summed E-state index contributed by atoms with van der Waals surface area (Å²) in [7, 11) is 0. The van der Waals surface area contributed by atoms with Crippen LogP contribution in [0.4, 0.5) is 5.13 Å². The molecule has 1 aromatic carbocycles. The van der Waals surface area contributed by atoms with Gasteiger partial charge in [-0.2, -0.15) is 0 Å². The van der Waals surface area contributed by atoms with Crippen LogP contribution in [-0.2, 0) is 17.8 Å². The van der Waals surface area contributed by atoms with Crippen molar-refractivity contribution in [3.05, 3.63) is 40.1 Å². The van der Waals surface area contributed by atoms with Crippen molar-refractivity contribution in [2.45, 2.75) is 19.9 Å². The van der Waals surface area contributed by atoms with Crippen LogP contribution in [0.15, 0.2) is 29.6 Å². The number of anilines is 1. The fourth-order valence-corrected chi connectivity index (χ4v) is 4.82. The molecule has 0 atom stereocenters. The highest BCUT2D eigenvalue weighted by molar-refractivity contribution is 7.22. The molecule has 1 N–H and O–H groups in total. The first kappa shape index (κ1) is 16.5. The van der Waals surface area contributed by atoms with E-state index in [-0.39, 0.29) is 5.91 Å².